The zero-order valence-electron chi connectivity index (χ0n) is 13.8. The second-order valence-corrected chi connectivity index (χ2v) is 7.78. The normalized spacial score (nSPS) is 17.8. The third-order valence-corrected chi connectivity index (χ3v) is 5.35. The third kappa shape index (κ3) is 3.81. The van der Waals surface area contributed by atoms with Gasteiger partial charge in [0.05, 0.1) is 11.0 Å². The fourth-order valence-electron chi connectivity index (χ4n) is 3.25. The summed E-state index contributed by atoms with van der Waals surface area (Å²) in [6.07, 6.45) is 5.65. The van der Waals surface area contributed by atoms with Crippen LogP contribution in [0.4, 0.5) is 0 Å². The fraction of sp³-hybridized carbons (Fsp3) is 0.250. The minimum absolute atomic E-state index is 0.593. The summed E-state index contributed by atoms with van der Waals surface area (Å²) in [6, 6.07) is 14.3. The van der Waals surface area contributed by atoms with E-state index in [0.717, 1.165) is 46.0 Å². The standard InChI is InChI=1S/C20H19BrClN3/c21-16-4-7-19-18(11-16)24-20(8-3-14-9-10-23-12-14)25(19)13-15-1-5-17(22)6-2-15/h1-8,11,14,23H,9-10,12-13H2/b8-3+. The Balaban J connectivity index is 1.73. The molecule has 0 radical (unpaired) electrons. The van der Waals surface area contributed by atoms with Crippen LogP contribution in [0, 0.1) is 5.92 Å². The maximum absolute atomic E-state index is 6.02. The van der Waals surface area contributed by atoms with Crippen molar-refractivity contribution in [2.24, 2.45) is 5.92 Å². The van der Waals surface area contributed by atoms with Gasteiger partial charge in [-0.05, 0) is 60.9 Å². The highest BCUT2D eigenvalue weighted by atomic mass is 79.9. The molecule has 0 spiro atoms. The van der Waals surface area contributed by atoms with Crippen molar-refractivity contribution >= 4 is 44.6 Å². The largest absolute Gasteiger partial charge is 0.320 e. The summed E-state index contributed by atoms with van der Waals surface area (Å²) in [5, 5.41) is 4.17. The highest BCUT2D eigenvalue weighted by molar-refractivity contribution is 9.10. The highest BCUT2D eigenvalue weighted by Gasteiger charge is 2.13. The molecule has 5 heteroatoms. The number of benzene rings is 2. The van der Waals surface area contributed by atoms with E-state index in [1.165, 1.54) is 12.0 Å². The van der Waals surface area contributed by atoms with Gasteiger partial charge in [0.2, 0.25) is 0 Å². The summed E-state index contributed by atoms with van der Waals surface area (Å²) in [5.74, 6) is 1.59. The zero-order chi connectivity index (χ0) is 17.2. The van der Waals surface area contributed by atoms with Crippen molar-refractivity contribution in [3.8, 4) is 0 Å². The number of rotatable bonds is 4. The van der Waals surface area contributed by atoms with Crippen LogP contribution in [0.2, 0.25) is 5.02 Å². The minimum Gasteiger partial charge on any atom is -0.320 e. The van der Waals surface area contributed by atoms with Crippen LogP contribution in [0.15, 0.2) is 53.0 Å². The van der Waals surface area contributed by atoms with E-state index < -0.39 is 0 Å². The topological polar surface area (TPSA) is 29.9 Å². The maximum Gasteiger partial charge on any atom is 0.133 e. The Morgan fingerprint density at radius 1 is 1.24 bits per heavy atom. The quantitative estimate of drug-likeness (QED) is 0.639. The molecule has 4 rings (SSSR count). The summed E-state index contributed by atoms with van der Waals surface area (Å²) in [6.45, 7) is 2.93. The maximum atomic E-state index is 6.02. The van der Waals surface area contributed by atoms with E-state index in [0.29, 0.717) is 5.92 Å². The molecule has 0 saturated carbocycles. The van der Waals surface area contributed by atoms with Gasteiger partial charge in [-0.1, -0.05) is 45.7 Å². The van der Waals surface area contributed by atoms with Gasteiger partial charge < -0.3 is 9.88 Å². The van der Waals surface area contributed by atoms with E-state index in [-0.39, 0.29) is 0 Å². The van der Waals surface area contributed by atoms with Crippen LogP contribution in [-0.2, 0) is 6.54 Å². The number of imidazole rings is 1. The summed E-state index contributed by atoms with van der Waals surface area (Å²) in [7, 11) is 0. The van der Waals surface area contributed by atoms with Crippen LogP contribution < -0.4 is 5.32 Å². The molecule has 128 valence electrons. The molecule has 2 aromatic carbocycles. The number of hydrogen-bond acceptors (Lipinski definition) is 2. The lowest BCUT2D eigenvalue weighted by molar-refractivity contribution is 0.729. The molecule has 1 saturated heterocycles. The molecular weight excluding hydrogens is 398 g/mol. The van der Waals surface area contributed by atoms with Crippen LogP contribution >= 0.6 is 27.5 Å². The van der Waals surface area contributed by atoms with Gasteiger partial charge in [0.1, 0.15) is 5.82 Å². The molecule has 1 aliphatic heterocycles. The van der Waals surface area contributed by atoms with Crippen molar-refractivity contribution in [2.75, 3.05) is 13.1 Å². The first-order valence-corrected chi connectivity index (χ1v) is 9.65. The van der Waals surface area contributed by atoms with Gasteiger partial charge in [-0.15, -0.1) is 0 Å². The molecule has 0 aliphatic carbocycles. The van der Waals surface area contributed by atoms with Gasteiger partial charge in [0, 0.05) is 22.6 Å². The van der Waals surface area contributed by atoms with Gasteiger partial charge in [0.15, 0.2) is 0 Å². The molecule has 1 aromatic heterocycles. The van der Waals surface area contributed by atoms with E-state index in [1.54, 1.807) is 0 Å². The van der Waals surface area contributed by atoms with Crippen molar-refractivity contribution in [2.45, 2.75) is 13.0 Å². The average Bonchev–Trinajstić information content (AvgIpc) is 3.23. The van der Waals surface area contributed by atoms with Crippen LogP contribution in [0.5, 0.6) is 0 Å². The van der Waals surface area contributed by atoms with Crippen molar-refractivity contribution in [1.82, 2.24) is 14.9 Å². The molecule has 3 nitrogen and oxygen atoms in total. The van der Waals surface area contributed by atoms with E-state index in [9.17, 15) is 0 Å². The van der Waals surface area contributed by atoms with Crippen LogP contribution in [-0.4, -0.2) is 22.6 Å². The summed E-state index contributed by atoms with van der Waals surface area (Å²) >= 11 is 9.56. The molecule has 0 amide bonds. The summed E-state index contributed by atoms with van der Waals surface area (Å²) in [5.41, 5.74) is 3.36. The monoisotopic (exact) mass is 415 g/mol. The van der Waals surface area contributed by atoms with Gasteiger partial charge in [-0.3, -0.25) is 0 Å². The predicted octanol–water partition coefficient (Wildman–Crippen LogP) is 5.12. The highest BCUT2D eigenvalue weighted by Crippen LogP contribution is 2.24. The van der Waals surface area contributed by atoms with E-state index in [1.807, 2.05) is 12.1 Å². The minimum atomic E-state index is 0.593. The second kappa shape index (κ2) is 7.32. The molecule has 25 heavy (non-hydrogen) atoms. The Labute approximate surface area is 160 Å². The predicted molar refractivity (Wildman–Crippen MR) is 108 cm³/mol. The Morgan fingerprint density at radius 3 is 2.84 bits per heavy atom. The summed E-state index contributed by atoms with van der Waals surface area (Å²) < 4.78 is 3.32. The lowest BCUT2D eigenvalue weighted by Gasteiger charge is -2.08. The molecule has 1 unspecified atom stereocenters. The average molecular weight is 417 g/mol. The van der Waals surface area contributed by atoms with E-state index in [4.69, 9.17) is 16.6 Å². The lowest BCUT2D eigenvalue weighted by Crippen LogP contribution is -2.07. The Hall–Kier alpha value is -1.62. The van der Waals surface area contributed by atoms with Crippen molar-refractivity contribution in [3.05, 3.63) is 69.4 Å². The number of fused-ring (bicyclic) bond motifs is 1. The van der Waals surface area contributed by atoms with Crippen LogP contribution in [0.25, 0.3) is 17.1 Å². The number of nitrogens with one attached hydrogen (secondary N) is 1. The van der Waals surface area contributed by atoms with E-state index in [2.05, 4.69) is 68.3 Å². The molecular formula is C20H19BrClN3. The van der Waals surface area contributed by atoms with Gasteiger partial charge in [0.25, 0.3) is 0 Å². The first kappa shape index (κ1) is 16.8. The third-order valence-electron chi connectivity index (χ3n) is 4.61. The second-order valence-electron chi connectivity index (χ2n) is 6.43. The Kier molecular flexibility index (Phi) is 4.93. The van der Waals surface area contributed by atoms with Gasteiger partial charge in [-0.2, -0.15) is 0 Å². The number of halogens is 2. The lowest BCUT2D eigenvalue weighted by atomic mass is 10.1. The molecule has 1 N–H and O–H groups in total. The molecule has 1 atom stereocenters. The Bertz CT molecular complexity index is 909. The van der Waals surface area contributed by atoms with Crippen molar-refractivity contribution < 1.29 is 0 Å². The first-order chi connectivity index (χ1) is 12.2. The molecule has 1 aliphatic rings. The van der Waals surface area contributed by atoms with Crippen molar-refractivity contribution in [1.29, 1.82) is 0 Å². The van der Waals surface area contributed by atoms with Gasteiger partial charge >= 0.3 is 0 Å². The SMILES string of the molecule is Clc1ccc(Cn2c(/C=C/C3CCNC3)nc3cc(Br)ccc32)cc1. The number of nitrogens with zero attached hydrogens (tertiary/aromatic N) is 2. The number of hydrogen-bond donors (Lipinski definition) is 1. The fourth-order valence-corrected chi connectivity index (χ4v) is 3.73. The van der Waals surface area contributed by atoms with E-state index >= 15 is 0 Å². The summed E-state index contributed by atoms with van der Waals surface area (Å²) in [4.78, 5) is 4.85. The molecule has 0 bridgehead atoms. The smallest absolute Gasteiger partial charge is 0.133 e. The first-order valence-electron chi connectivity index (χ1n) is 8.48. The van der Waals surface area contributed by atoms with Crippen LogP contribution in [0.3, 0.4) is 0 Å². The van der Waals surface area contributed by atoms with Crippen LogP contribution in [0.1, 0.15) is 17.8 Å². The molecule has 3 aromatic rings. The van der Waals surface area contributed by atoms with Gasteiger partial charge in [-0.25, -0.2) is 4.98 Å². The van der Waals surface area contributed by atoms with Crippen molar-refractivity contribution in [3.63, 3.8) is 0 Å². The molecule has 1 fully saturated rings. The number of aromatic nitrogens is 2. The molecule has 2 heterocycles. The zero-order valence-corrected chi connectivity index (χ0v) is 16.1. The Morgan fingerprint density at radius 2 is 2.08 bits per heavy atom.